The summed E-state index contributed by atoms with van der Waals surface area (Å²) in [6, 6.07) is 7.36. The molecule has 1 aromatic carbocycles. The highest BCUT2D eigenvalue weighted by molar-refractivity contribution is 7.14. The first-order chi connectivity index (χ1) is 15.0. The molecule has 0 bridgehead atoms. The summed E-state index contributed by atoms with van der Waals surface area (Å²) >= 11 is 1.39. The van der Waals surface area contributed by atoms with Crippen LogP contribution in [0.4, 0.5) is 10.8 Å². The number of amides is 3. The highest BCUT2D eigenvalue weighted by atomic mass is 32.1. The van der Waals surface area contributed by atoms with Crippen LogP contribution in [-0.4, -0.2) is 47.2 Å². The van der Waals surface area contributed by atoms with Gasteiger partial charge in [-0.1, -0.05) is 19.3 Å². The van der Waals surface area contributed by atoms with Crippen molar-refractivity contribution in [2.24, 2.45) is 0 Å². The minimum Gasteiger partial charge on any atom is -0.339 e. The van der Waals surface area contributed by atoms with Gasteiger partial charge >= 0.3 is 0 Å². The van der Waals surface area contributed by atoms with Gasteiger partial charge in [0.05, 0.1) is 12.1 Å². The van der Waals surface area contributed by atoms with Gasteiger partial charge < -0.3 is 10.2 Å². The molecule has 0 atom stereocenters. The number of carbonyl (C=O) groups excluding carboxylic acids is 3. The van der Waals surface area contributed by atoms with E-state index in [4.69, 9.17) is 0 Å². The molecule has 2 fully saturated rings. The van der Waals surface area contributed by atoms with Gasteiger partial charge in [0, 0.05) is 42.7 Å². The van der Waals surface area contributed by atoms with E-state index < -0.39 is 0 Å². The molecular formula is C23H28N4O3S. The van der Waals surface area contributed by atoms with Crippen LogP contribution in [-0.2, 0) is 16.0 Å². The molecule has 0 radical (unpaired) electrons. The molecule has 164 valence electrons. The van der Waals surface area contributed by atoms with Crippen LogP contribution in [0.5, 0.6) is 0 Å². The van der Waals surface area contributed by atoms with Gasteiger partial charge in [-0.15, -0.1) is 11.3 Å². The van der Waals surface area contributed by atoms with Crippen molar-refractivity contribution in [2.75, 3.05) is 23.8 Å². The fraction of sp³-hybridized carbons (Fsp3) is 0.478. The van der Waals surface area contributed by atoms with Gasteiger partial charge in [0.15, 0.2) is 5.13 Å². The van der Waals surface area contributed by atoms with E-state index >= 15 is 0 Å². The van der Waals surface area contributed by atoms with Gasteiger partial charge in [0.2, 0.25) is 11.8 Å². The number of hydrogen-bond acceptors (Lipinski definition) is 5. The van der Waals surface area contributed by atoms with Gasteiger partial charge in [0.25, 0.3) is 5.91 Å². The van der Waals surface area contributed by atoms with E-state index in [0.717, 1.165) is 19.3 Å². The van der Waals surface area contributed by atoms with E-state index in [1.807, 2.05) is 17.3 Å². The van der Waals surface area contributed by atoms with Crippen molar-refractivity contribution in [1.82, 2.24) is 9.88 Å². The monoisotopic (exact) mass is 440 g/mol. The fourth-order valence-electron chi connectivity index (χ4n) is 4.26. The Morgan fingerprint density at radius 1 is 1.16 bits per heavy atom. The second-order valence-electron chi connectivity index (χ2n) is 8.28. The van der Waals surface area contributed by atoms with E-state index in [1.165, 1.54) is 30.6 Å². The van der Waals surface area contributed by atoms with Crippen LogP contribution in [0.1, 0.15) is 61.0 Å². The number of rotatable bonds is 6. The Morgan fingerprint density at radius 3 is 2.58 bits per heavy atom. The minimum absolute atomic E-state index is 0.0243. The quantitative estimate of drug-likeness (QED) is 0.740. The minimum atomic E-state index is -0.178. The summed E-state index contributed by atoms with van der Waals surface area (Å²) in [5, 5.41) is 5.34. The van der Waals surface area contributed by atoms with Crippen molar-refractivity contribution in [1.29, 1.82) is 0 Å². The normalized spacial score (nSPS) is 17.1. The molecular weight excluding hydrogens is 412 g/mol. The lowest BCUT2D eigenvalue weighted by Crippen LogP contribution is -2.38. The summed E-state index contributed by atoms with van der Waals surface area (Å²) in [5.74, 6) is -0.0617. The van der Waals surface area contributed by atoms with Crippen molar-refractivity contribution in [3.63, 3.8) is 0 Å². The van der Waals surface area contributed by atoms with Crippen molar-refractivity contribution in [3.8, 4) is 0 Å². The maximum Gasteiger partial charge on any atom is 0.253 e. The Kier molecular flexibility index (Phi) is 6.65. The van der Waals surface area contributed by atoms with Gasteiger partial charge in [-0.05, 0) is 43.5 Å². The molecule has 0 spiro atoms. The summed E-state index contributed by atoms with van der Waals surface area (Å²) in [5.41, 5.74) is 1.93. The lowest BCUT2D eigenvalue weighted by Gasteiger charge is -2.31. The number of benzene rings is 1. The third-order valence-electron chi connectivity index (χ3n) is 6.04. The van der Waals surface area contributed by atoms with Crippen LogP contribution in [0.25, 0.3) is 0 Å². The Bertz CT molecular complexity index is 950. The van der Waals surface area contributed by atoms with Crippen LogP contribution < -0.4 is 10.2 Å². The molecule has 7 nitrogen and oxygen atoms in total. The second-order valence-corrected chi connectivity index (χ2v) is 9.12. The summed E-state index contributed by atoms with van der Waals surface area (Å²) < 4.78 is 0. The topological polar surface area (TPSA) is 82.6 Å². The zero-order valence-electron chi connectivity index (χ0n) is 17.8. The van der Waals surface area contributed by atoms with Crippen molar-refractivity contribution in [3.05, 3.63) is 40.9 Å². The standard InChI is InChI=1S/C23H28N4O3S/c1-26(19-6-3-2-4-7-19)22(30)16-9-11-17(12-10-16)24-20(28)14-18-15-31-23(25-18)27-13-5-8-21(27)29/h9-12,15,19H,2-8,13-14H2,1H3,(H,24,28). The number of carbonyl (C=O) groups is 3. The summed E-state index contributed by atoms with van der Waals surface area (Å²) in [6.45, 7) is 0.693. The lowest BCUT2D eigenvalue weighted by molar-refractivity contribution is -0.117. The Balaban J connectivity index is 1.31. The van der Waals surface area contributed by atoms with Crippen LogP contribution >= 0.6 is 11.3 Å². The third-order valence-corrected chi connectivity index (χ3v) is 6.96. The maximum atomic E-state index is 12.8. The summed E-state index contributed by atoms with van der Waals surface area (Å²) in [6.07, 6.45) is 7.31. The van der Waals surface area contributed by atoms with Gasteiger partial charge in [-0.2, -0.15) is 0 Å². The van der Waals surface area contributed by atoms with Gasteiger partial charge in [0.1, 0.15) is 0 Å². The maximum absolute atomic E-state index is 12.8. The predicted octanol–water partition coefficient (Wildman–Crippen LogP) is 3.86. The zero-order valence-corrected chi connectivity index (χ0v) is 18.6. The molecule has 4 rings (SSSR count). The second kappa shape index (κ2) is 9.60. The fourth-order valence-corrected chi connectivity index (χ4v) is 5.12. The molecule has 1 saturated heterocycles. The van der Waals surface area contributed by atoms with Crippen LogP contribution in [0.3, 0.4) is 0 Å². The summed E-state index contributed by atoms with van der Waals surface area (Å²) in [4.78, 5) is 45.0. The molecule has 1 saturated carbocycles. The van der Waals surface area contributed by atoms with Crippen molar-refractivity contribution in [2.45, 2.75) is 57.4 Å². The van der Waals surface area contributed by atoms with Crippen LogP contribution in [0.2, 0.25) is 0 Å². The largest absolute Gasteiger partial charge is 0.339 e. The zero-order chi connectivity index (χ0) is 21.8. The SMILES string of the molecule is CN(C(=O)c1ccc(NC(=O)Cc2csc(N3CCCC3=O)n2)cc1)C1CCCCC1. The average molecular weight is 441 g/mol. The van der Waals surface area contributed by atoms with Crippen molar-refractivity contribution < 1.29 is 14.4 Å². The predicted molar refractivity (Wildman–Crippen MR) is 121 cm³/mol. The van der Waals surface area contributed by atoms with E-state index in [2.05, 4.69) is 10.3 Å². The molecule has 2 aromatic rings. The first-order valence-electron chi connectivity index (χ1n) is 10.9. The molecule has 2 heterocycles. The molecule has 2 aliphatic rings. The number of anilines is 2. The number of thiazole rings is 1. The van der Waals surface area contributed by atoms with E-state index in [1.54, 1.807) is 29.2 Å². The Hall–Kier alpha value is -2.74. The molecule has 1 aliphatic heterocycles. The molecule has 1 aromatic heterocycles. The molecule has 3 amide bonds. The molecule has 31 heavy (non-hydrogen) atoms. The van der Waals surface area contributed by atoms with E-state index in [-0.39, 0.29) is 24.1 Å². The van der Waals surface area contributed by atoms with Gasteiger partial charge in [-0.25, -0.2) is 4.98 Å². The third kappa shape index (κ3) is 5.12. The summed E-state index contributed by atoms with van der Waals surface area (Å²) in [7, 11) is 1.88. The van der Waals surface area contributed by atoms with E-state index in [0.29, 0.717) is 41.1 Å². The lowest BCUT2D eigenvalue weighted by atomic mass is 9.94. The number of aromatic nitrogens is 1. The first kappa shape index (κ1) is 21.5. The highest BCUT2D eigenvalue weighted by Gasteiger charge is 2.25. The highest BCUT2D eigenvalue weighted by Crippen LogP contribution is 2.26. The van der Waals surface area contributed by atoms with Crippen LogP contribution in [0.15, 0.2) is 29.6 Å². The molecule has 1 N–H and O–H groups in total. The first-order valence-corrected chi connectivity index (χ1v) is 11.8. The van der Waals surface area contributed by atoms with Crippen molar-refractivity contribution >= 4 is 39.9 Å². The average Bonchev–Trinajstić information content (AvgIpc) is 3.42. The Morgan fingerprint density at radius 2 is 1.90 bits per heavy atom. The van der Waals surface area contributed by atoms with Crippen LogP contribution in [0, 0.1) is 0 Å². The number of nitrogens with one attached hydrogen (secondary N) is 1. The van der Waals surface area contributed by atoms with E-state index in [9.17, 15) is 14.4 Å². The molecule has 1 aliphatic carbocycles. The Labute approximate surface area is 186 Å². The molecule has 0 unspecified atom stereocenters. The number of nitrogens with zero attached hydrogens (tertiary/aromatic N) is 3. The molecule has 8 heteroatoms. The van der Waals surface area contributed by atoms with Gasteiger partial charge in [-0.3, -0.25) is 19.3 Å². The number of hydrogen-bond donors (Lipinski definition) is 1. The smallest absolute Gasteiger partial charge is 0.253 e.